The highest BCUT2D eigenvalue weighted by molar-refractivity contribution is 6.05. The van der Waals surface area contributed by atoms with Crippen LogP contribution in [-0.2, 0) is 0 Å². The van der Waals surface area contributed by atoms with Gasteiger partial charge in [-0.2, -0.15) is 0 Å². The second-order valence-corrected chi connectivity index (χ2v) is 5.89. The third kappa shape index (κ3) is 3.55. The third-order valence-corrected chi connectivity index (χ3v) is 4.05. The molecular formula is C19H20N4O4. The first-order chi connectivity index (χ1) is 13.0. The summed E-state index contributed by atoms with van der Waals surface area (Å²) in [6.07, 6.45) is 3.53. The van der Waals surface area contributed by atoms with Gasteiger partial charge < -0.3 is 24.5 Å². The molecule has 27 heavy (non-hydrogen) atoms. The lowest BCUT2D eigenvalue weighted by molar-refractivity contribution is 0.0961. The highest BCUT2D eigenvalue weighted by atomic mass is 16.5. The van der Waals surface area contributed by atoms with Gasteiger partial charge in [0, 0.05) is 25.0 Å². The van der Waals surface area contributed by atoms with Gasteiger partial charge in [0.1, 0.15) is 11.3 Å². The van der Waals surface area contributed by atoms with Crippen molar-refractivity contribution in [2.45, 2.75) is 6.92 Å². The first-order valence-corrected chi connectivity index (χ1v) is 8.21. The number of rotatable bonds is 5. The summed E-state index contributed by atoms with van der Waals surface area (Å²) in [7, 11) is 4.44. The number of hydrogen-bond acceptors (Lipinski definition) is 5. The lowest BCUT2D eigenvalue weighted by Crippen LogP contribution is -2.19. The maximum atomic E-state index is 12.7. The highest BCUT2D eigenvalue weighted by Crippen LogP contribution is 2.36. The van der Waals surface area contributed by atoms with E-state index in [4.69, 9.17) is 9.47 Å². The molecule has 3 aromatic rings. The van der Waals surface area contributed by atoms with Gasteiger partial charge in [0.25, 0.3) is 11.8 Å². The quantitative estimate of drug-likeness (QED) is 0.721. The Labute approximate surface area is 156 Å². The summed E-state index contributed by atoms with van der Waals surface area (Å²) < 4.78 is 12.4. The zero-order valence-corrected chi connectivity index (χ0v) is 15.5. The molecule has 0 bridgehead atoms. The van der Waals surface area contributed by atoms with Crippen LogP contribution in [0.15, 0.2) is 36.7 Å². The summed E-state index contributed by atoms with van der Waals surface area (Å²) in [5.41, 5.74) is 2.60. The number of amides is 2. The Morgan fingerprint density at radius 3 is 2.52 bits per heavy atom. The average molecular weight is 368 g/mol. The van der Waals surface area contributed by atoms with Gasteiger partial charge in [-0.05, 0) is 30.7 Å². The number of nitrogens with one attached hydrogen (secondary N) is 2. The van der Waals surface area contributed by atoms with Crippen LogP contribution in [0.2, 0.25) is 0 Å². The summed E-state index contributed by atoms with van der Waals surface area (Å²) >= 11 is 0. The SMILES string of the molecule is CNC(=O)c1cc(NC(=O)c2cn3cc(C)ccc3n2)c(OC)c(OC)c1. The van der Waals surface area contributed by atoms with E-state index in [0.29, 0.717) is 28.4 Å². The van der Waals surface area contributed by atoms with Crippen LogP contribution in [0.5, 0.6) is 11.5 Å². The largest absolute Gasteiger partial charge is 0.493 e. The summed E-state index contributed by atoms with van der Waals surface area (Å²) in [5.74, 6) is -0.0851. The summed E-state index contributed by atoms with van der Waals surface area (Å²) in [6, 6.07) is 6.83. The number of fused-ring (bicyclic) bond motifs is 1. The maximum absolute atomic E-state index is 12.7. The van der Waals surface area contributed by atoms with Gasteiger partial charge in [-0.25, -0.2) is 4.98 Å². The normalized spacial score (nSPS) is 10.5. The standard InChI is InChI=1S/C19H20N4O4/c1-11-5-6-16-21-14(10-23(16)9-11)19(25)22-13-7-12(18(24)20-2)8-15(26-3)17(13)27-4/h5-10H,1-4H3,(H,20,24)(H,22,25). The molecule has 0 saturated heterocycles. The van der Waals surface area contributed by atoms with Gasteiger partial charge in [0.2, 0.25) is 0 Å². The molecule has 0 saturated carbocycles. The van der Waals surface area contributed by atoms with Crippen molar-refractivity contribution >= 4 is 23.1 Å². The number of pyridine rings is 1. The van der Waals surface area contributed by atoms with E-state index >= 15 is 0 Å². The van der Waals surface area contributed by atoms with E-state index in [9.17, 15) is 9.59 Å². The number of ether oxygens (including phenoxy) is 2. The van der Waals surface area contributed by atoms with E-state index in [1.54, 1.807) is 16.7 Å². The lowest BCUT2D eigenvalue weighted by Gasteiger charge is -2.15. The van der Waals surface area contributed by atoms with Crippen molar-refractivity contribution in [1.29, 1.82) is 0 Å². The van der Waals surface area contributed by atoms with Crippen LogP contribution in [0.4, 0.5) is 5.69 Å². The molecule has 0 radical (unpaired) electrons. The zero-order chi connectivity index (χ0) is 19.6. The van der Waals surface area contributed by atoms with Gasteiger partial charge in [0.15, 0.2) is 11.5 Å². The van der Waals surface area contributed by atoms with Gasteiger partial charge >= 0.3 is 0 Å². The molecular weight excluding hydrogens is 348 g/mol. The van der Waals surface area contributed by atoms with E-state index in [1.807, 2.05) is 25.3 Å². The number of methoxy groups -OCH3 is 2. The van der Waals surface area contributed by atoms with Crippen LogP contribution in [-0.4, -0.2) is 42.5 Å². The second-order valence-electron chi connectivity index (χ2n) is 5.89. The highest BCUT2D eigenvalue weighted by Gasteiger charge is 2.19. The predicted molar refractivity (Wildman–Crippen MR) is 101 cm³/mol. The van der Waals surface area contributed by atoms with Gasteiger partial charge in [-0.1, -0.05) is 6.07 Å². The minimum absolute atomic E-state index is 0.243. The zero-order valence-electron chi connectivity index (χ0n) is 15.5. The molecule has 0 aliphatic carbocycles. The average Bonchev–Trinajstić information content (AvgIpc) is 3.09. The fourth-order valence-electron chi connectivity index (χ4n) is 2.73. The minimum atomic E-state index is -0.425. The van der Waals surface area contributed by atoms with Crippen LogP contribution in [0.3, 0.4) is 0 Å². The fraction of sp³-hybridized carbons (Fsp3) is 0.211. The van der Waals surface area contributed by atoms with Crippen LogP contribution in [0, 0.1) is 6.92 Å². The number of aryl methyl sites for hydroxylation is 1. The van der Waals surface area contributed by atoms with Crippen molar-refractivity contribution in [3.63, 3.8) is 0 Å². The number of carbonyl (C=O) groups excluding carboxylic acids is 2. The van der Waals surface area contributed by atoms with Crippen molar-refractivity contribution in [3.8, 4) is 11.5 Å². The number of benzene rings is 1. The molecule has 0 fully saturated rings. The summed E-state index contributed by atoms with van der Waals surface area (Å²) in [6.45, 7) is 1.96. The van der Waals surface area contributed by atoms with E-state index < -0.39 is 5.91 Å². The molecule has 2 heterocycles. The molecule has 140 valence electrons. The molecule has 2 aromatic heterocycles. The number of aromatic nitrogens is 2. The van der Waals surface area contributed by atoms with Crippen LogP contribution < -0.4 is 20.1 Å². The number of hydrogen-bond donors (Lipinski definition) is 2. The monoisotopic (exact) mass is 368 g/mol. The van der Waals surface area contributed by atoms with Crippen molar-refractivity contribution in [3.05, 3.63) is 53.5 Å². The fourth-order valence-corrected chi connectivity index (χ4v) is 2.73. The van der Waals surface area contributed by atoms with Crippen molar-refractivity contribution < 1.29 is 19.1 Å². The molecule has 8 heteroatoms. The Bertz CT molecular complexity index is 1030. The number of carbonyl (C=O) groups is 2. The van der Waals surface area contributed by atoms with E-state index in [-0.39, 0.29) is 11.6 Å². The molecule has 1 aromatic carbocycles. The molecule has 0 atom stereocenters. The predicted octanol–water partition coefficient (Wildman–Crippen LogP) is 2.27. The van der Waals surface area contributed by atoms with Gasteiger partial charge in [-0.3, -0.25) is 9.59 Å². The smallest absolute Gasteiger partial charge is 0.275 e. The molecule has 8 nitrogen and oxygen atoms in total. The Morgan fingerprint density at radius 1 is 1.07 bits per heavy atom. The lowest BCUT2D eigenvalue weighted by atomic mass is 10.1. The molecule has 0 aliphatic rings. The van der Waals surface area contributed by atoms with Crippen molar-refractivity contribution in [2.75, 3.05) is 26.6 Å². The molecule has 0 aliphatic heterocycles. The molecule has 3 rings (SSSR count). The second kappa shape index (κ2) is 7.36. The number of anilines is 1. The number of nitrogens with zero attached hydrogens (tertiary/aromatic N) is 2. The minimum Gasteiger partial charge on any atom is -0.493 e. The number of imidazole rings is 1. The Kier molecular flexibility index (Phi) is 4.98. The third-order valence-electron chi connectivity index (χ3n) is 4.05. The van der Waals surface area contributed by atoms with Crippen LogP contribution in [0.1, 0.15) is 26.4 Å². The van der Waals surface area contributed by atoms with Crippen LogP contribution >= 0.6 is 0 Å². The Balaban J connectivity index is 1.99. The van der Waals surface area contributed by atoms with E-state index in [0.717, 1.165) is 5.56 Å². The molecule has 2 amide bonds. The first kappa shape index (κ1) is 18.2. The Morgan fingerprint density at radius 2 is 1.85 bits per heavy atom. The first-order valence-electron chi connectivity index (χ1n) is 8.21. The van der Waals surface area contributed by atoms with Crippen molar-refractivity contribution in [1.82, 2.24) is 14.7 Å². The topological polar surface area (TPSA) is 94.0 Å². The van der Waals surface area contributed by atoms with Gasteiger partial charge in [0.05, 0.1) is 19.9 Å². The van der Waals surface area contributed by atoms with Crippen molar-refractivity contribution in [2.24, 2.45) is 0 Å². The molecule has 0 spiro atoms. The Hall–Kier alpha value is -3.55. The van der Waals surface area contributed by atoms with Crippen LogP contribution in [0.25, 0.3) is 5.65 Å². The summed E-state index contributed by atoms with van der Waals surface area (Å²) in [4.78, 5) is 29.0. The molecule has 2 N–H and O–H groups in total. The molecule has 0 unspecified atom stereocenters. The van der Waals surface area contributed by atoms with E-state index in [1.165, 1.54) is 27.3 Å². The van der Waals surface area contributed by atoms with Gasteiger partial charge in [-0.15, -0.1) is 0 Å². The summed E-state index contributed by atoms with van der Waals surface area (Å²) in [5, 5.41) is 5.29. The van der Waals surface area contributed by atoms with E-state index in [2.05, 4.69) is 15.6 Å². The maximum Gasteiger partial charge on any atom is 0.275 e.